The van der Waals surface area contributed by atoms with Crippen LogP contribution in [0.4, 0.5) is 5.82 Å². The molecule has 0 saturated carbocycles. The second kappa shape index (κ2) is 7.23. The minimum atomic E-state index is -0.360. The molecule has 0 aliphatic rings. The van der Waals surface area contributed by atoms with Crippen molar-refractivity contribution in [1.29, 1.82) is 0 Å². The lowest BCUT2D eigenvalue weighted by Crippen LogP contribution is -2.13. The lowest BCUT2D eigenvalue weighted by molar-refractivity contribution is 0.0527. The Hall–Kier alpha value is -2.43. The van der Waals surface area contributed by atoms with Crippen molar-refractivity contribution >= 4 is 11.8 Å². The SMILES string of the molecule is CCOC(=O)c1cccnc1NCCc1ccccn1. The van der Waals surface area contributed by atoms with Crippen LogP contribution in [0.3, 0.4) is 0 Å². The summed E-state index contributed by atoms with van der Waals surface area (Å²) in [6, 6.07) is 9.22. The van der Waals surface area contributed by atoms with E-state index >= 15 is 0 Å². The van der Waals surface area contributed by atoms with Crippen LogP contribution in [0, 0.1) is 0 Å². The molecule has 2 aromatic rings. The molecule has 2 heterocycles. The van der Waals surface area contributed by atoms with Crippen LogP contribution in [0.15, 0.2) is 42.7 Å². The molecule has 0 unspecified atom stereocenters. The third kappa shape index (κ3) is 3.78. The van der Waals surface area contributed by atoms with Crippen LogP contribution in [0.25, 0.3) is 0 Å². The number of carbonyl (C=O) groups is 1. The number of ether oxygens (including phenoxy) is 1. The molecular weight excluding hydrogens is 254 g/mol. The van der Waals surface area contributed by atoms with E-state index in [4.69, 9.17) is 4.74 Å². The summed E-state index contributed by atoms with van der Waals surface area (Å²) < 4.78 is 5.00. The largest absolute Gasteiger partial charge is 0.462 e. The average molecular weight is 271 g/mol. The number of rotatable bonds is 6. The van der Waals surface area contributed by atoms with Gasteiger partial charge in [0.25, 0.3) is 0 Å². The minimum absolute atomic E-state index is 0.348. The van der Waals surface area contributed by atoms with Crippen molar-refractivity contribution < 1.29 is 9.53 Å². The molecule has 5 nitrogen and oxygen atoms in total. The van der Waals surface area contributed by atoms with E-state index in [1.54, 1.807) is 31.5 Å². The highest BCUT2D eigenvalue weighted by molar-refractivity contribution is 5.94. The second-order valence-corrected chi connectivity index (χ2v) is 4.12. The average Bonchev–Trinajstić information content (AvgIpc) is 2.49. The Balaban J connectivity index is 1.97. The number of carbonyl (C=O) groups excluding carboxylic acids is 1. The molecule has 20 heavy (non-hydrogen) atoms. The van der Waals surface area contributed by atoms with E-state index in [2.05, 4.69) is 15.3 Å². The molecule has 2 aromatic heterocycles. The zero-order chi connectivity index (χ0) is 14.2. The number of nitrogens with one attached hydrogen (secondary N) is 1. The number of hydrogen-bond acceptors (Lipinski definition) is 5. The molecule has 0 aromatic carbocycles. The lowest BCUT2D eigenvalue weighted by atomic mass is 10.2. The maximum Gasteiger partial charge on any atom is 0.341 e. The van der Waals surface area contributed by atoms with Crippen molar-refractivity contribution in [3.63, 3.8) is 0 Å². The van der Waals surface area contributed by atoms with Crippen LogP contribution in [-0.2, 0) is 11.2 Å². The molecule has 0 radical (unpaired) electrons. The van der Waals surface area contributed by atoms with Gasteiger partial charge < -0.3 is 10.1 Å². The van der Waals surface area contributed by atoms with Gasteiger partial charge in [0.05, 0.1) is 6.61 Å². The van der Waals surface area contributed by atoms with Gasteiger partial charge in [-0.3, -0.25) is 4.98 Å². The fourth-order valence-electron chi connectivity index (χ4n) is 1.77. The lowest BCUT2D eigenvalue weighted by Gasteiger charge is -2.09. The van der Waals surface area contributed by atoms with E-state index in [9.17, 15) is 4.79 Å². The topological polar surface area (TPSA) is 64.1 Å². The molecule has 104 valence electrons. The number of anilines is 1. The molecule has 0 amide bonds. The summed E-state index contributed by atoms with van der Waals surface area (Å²) in [5, 5.41) is 3.15. The minimum Gasteiger partial charge on any atom is -0.462 e. The smallest absolute Gasteiger partial charge is 0.341 e. The van der Waals surface area contributed by atoms with E-state index in [0.717, 1.165) is 12.1 Å². The van der Waals surface area contributed by atoms with Gasteiger partial charge in [-0.05, 0) is 31.2 Å². The van der Waals surface area contributed by atoms with Gasteiger partial charge in [-0.2, -0.15) is 0 Å². The first-order valence-electron chi connectivity index (χ1n) is 6.57. The van der Waals surface area contributed by atoms with Crippen molar-refractivity contribution in [1.82, 2.24) is 9.97 Å². The summed E-state index contributed by atoms with van der Waals surface area (Å²) in [6.45, 7) is 2.78. The Kier molecular flexibility index (Phi) is 5.06. The predicted molar refractivity (Wildman–Crippen MR) is 76.6 cm³/mol. The number of nitrogens with zero attached hydrogens (tertiary/aromatic N) is 2. The van der Waals surface area contributed by atoms with Crippen LogP contribution in [-0.4, -0.2) is 29.1 Å². The molecule has 1 N–H and O–H groups in total. The number of pyridine rings is 2. The van der Waals surface area contributed by atoms with Crippen LogP contribution in [0.1, 0.15) is 23.0 Å². The highest BCUT2D eigenvalue weighted by Gasteiger charge is 2.12. The van der Waals surface area contributed by atoms with Crippen molar-refractivity contribution in [3.8, 4) is 0 Å². The van der Waals surface area contributed by atoms with Crippen LogP contribution in [0.2, 0.25) is 0 Å². The fraction of sp³-hybridized carbons (Fsp3) is 0.267. The summed E-state index contributed by atoms with van der Waals surface area (Å²) in [5.41, 5.74) is 1.45. The first kappa shape index (κ1) is 14.0. The van der Waals surface area contributed by atoms with Gasteiger partial charge in [0, 0.05) is 31.1 Å². The Morgan fingerprint density at radius 1 is 1.20 bits per heavy atom. The molecule has 0 fully saturated rings. The van der Waals surface area contributed by atoms with E-state index in [1.165, 1.54) is 0 Å². The predicted octanol–water partition coefficient (Wildman–Crippen LogP) is 2.31. The van der Waals surface area contributed by atoms with Gasteiger partial charge in [-0.1, -0.05) is 6.07 Å². The molecule has 5 heteroatoms. The second-order valence-electron chi connectivity index (χ2n) is 4.12. The van der Waals surface area contributed by atoms with E-state index in [-0.39, 0.29) is 5.97 Å². The third-order valence-corrected chi connectivity index (χ3v) is 2.70. The summed E-state index contributed by atoms with van der Waals surface area (Å²) in [6.07, 6.45) is 4.17. The normalized spacial score (nSPS) is 10.1. The fourth-order valence-corrected chi connectivity index (χ4v) is 1.77. The standard InChI is InChI=1S/C15H17N3O2/c1-2-20-15(19)13-7-5-10-17-14(13)18-11-8-12-6-3-4-9-16-12/h3-7,9-10H,2,8,11H2,1H3,(H,17,18). The van der Waals surface area contributed by atoms with Crippen LogP contribution < -0.4 is 5.32 Å². The molecule has 2 rings (SSSR count). The van der Waals surface area contributed by atoms with Gasteiger partial charge in [0.1, 0.15) is 11.4 Å². The maximum atomic E-state index is 11.8. The zero-order valence-electron chi connectivity index (χ0n) is 11.4. The number of hydrogen-bond donors (Lipinski definition) is 1. The van der Waals surface area contributed by atoms with Crippen molar-refractivity contribution in [2.75, 3.05) is 18.5 Å². The van der Waals surface area contributed by atoms with Gasteiger partial charge in [-0.15, -0.1) is 0 Å². The Morgan fingerprint density at radius 2 is 2.05 bits per heavy atom. The molecule has 0 aliphatic heterocycles. The summed E-state index contributed by atoms with van der Waals surface area (Å²) in [4.78, 5) is 20.2. The zero-order valence-corrected chi connectivity index (χ0v) is 11.4. The van der Waals surface area contributed by atoms with E-state index in [0.29, 0.717) is 24.5 Å². The molecule has 0 atom stereocenters. The Labute approximate surface area is 118 Å². The molecule has 0 bridgehead atoms. The third-order valence-electron chi connectivity index (χ3n) is 2.70. The quantitative estimate of drug-likeness (QED) is 0.817. The van der Waals surface area contributed by atoms with Crippen molar-refractivity contribution in [2.45, 2.75) is 13.3 Å². The van der Waals surface area contributed by atoms with Crippen molar-refractivity contribution in [3.05, 3.63) is 54.0 Å². The molecule has 0 aliphatic carbocycles. The number of aromatic nitrogens is 2. The highest BCUT2D eigenvalue weighted by atomic mass is 16.5. The van der Waals surface area contributed by atoms with Crippen LogP contribution in [0.5, 0.6) is 0 Å². The number of esters is 1. The highest BCUT2D eigenvalue weighted by Crippen LogP contribution is 2.12. The molecular formula is C15H17N3O2. The summed E-state index contributed by atoms with van der Waals surface area (Å²) >= 11 is 0. The Bertz CT molecular complexity index is 558. The van der Waals surface area contributed by atoms with Gasteiger partial charge in [0.2, 0.25) is 0 Å². The first-order chi connectivity index (χ1) is 9.81. The van der Waals surface area contributed by atoms with E-state index < -0.39 is 0 Å². The molecule has 0 spiro atoms. The van der Waals surface area contributed by atoms with Gasteiger partial charge in [-0.25, -0.2) is 9.78 Å². The Morgan fingerprint density at radius 3 is 2.80 bits per heavy atom. The van der Waals surface area contributed by atoms with Gasteiger partial charge in [0.15, 0.2) is 0 Å². The van der Waals surface area contributed by atoms with Crippen molar-refractivity contribution in [2.24, 2.45) is 0 Å². The van der Waals surface area contributed by atoms with Crippen LogP contribution >= 0.6 is 0 Å². The summed E-state index contributed by atoms with van der Waals surface area (Å²) in [5.74, 6) is 0.183. The first-order valence-corrected chi connectivity index (χ1v) is 6.57. The van der Waals surface area contributed by atoms with Gasteiger partial charge >= 0.3 is 5.97 Å². The molecule has 0 saturated heterocycles. The maximum absolute atomic E-state index is 11.8. The summed E-state index contributed by atoms with van der Waals surface area (Å²) in [7, 11) is 0. The monoisotopic (exact) mass is 271 g/mol. The van der Waals surface area contributed by atoms with E-state index in [1.807, 2.05) is 18.2 Å².